The molecular weight excluding hydrogens is 371 g/mol. The Hall–Kier alpha value is -2.00. The number of nitrogens with zero attached hydrogens (tertiary/aromatic N) is 4. The number of rotatable bonds is 4. The maximum atomic E-state index is 13.0. The van der Waals surface area contributed by atoms with E-state index in [2.05, 4.69) is 15.5 Å². The summed E-state index contributed by atoms with van der Waals surface area (Å²) in [5, 5.41) is 22.3. The van der Waals surface area contributed by atoms with Gasteiger partial charge in [0, 0.05) is 18.4 Å². The highest BCUT2D eigenvalue weighted by Gasteiger charge is 2.37. The summed E-state index contributed by atoms with van der Waals surface area (Å²) in [7, 11) is 0. The first kappa shape index (κ1) is 19.3. The van der Waals surface area contributed by atoms with Crippen LogP contribution in [0.2, 0.25) is 0 Å². The zero-order valence-electron chi connectivity index (χ0n) is 15.6. The third-order valence-corrected chi connectivity index (χ3v) is 6.02. The Labute approximate surface area is 161 Å². The second-order valence-corrected chi connectivity index (χ2v) is 7.86. The van der Waals surface area contributed by atoms with Crippen molar-refractivity contribution in [2.24, 2.45) is 0 Å². The summed E-state index contributed by atoms with van der Waals surface area (Å²) in [6.07, 6.45) is 0.964. The lowest BCUT2D eigenvalue weighted by atomic mass is 9.98. The van der Waals surface area contributed by atoms with Crippen LogP contribution >= 0.6 is 0 Å². The zero-order chi connectivity index (χ0) is 19.7. The first-order valence-corrected chi connectivity index (χ1v) is 9.91. The Morgan fingerprint density at radius 3 is 2.29 bits per heavy atom. The van der Waals surface area contributed by atoms with Gasteiger partial charge in [-0.15, -0.1) is 5.10 Å². The van der Waals surface area contributed by atoms with Gasteiger partial charge in [0.15, 0.2) is 6.04 Å². The number of benzene rings is 1. The highest BCUT2D eigenvalue weighted by molar-refractivity contribution is 5.28. The number of alkyl halides is 3. The van der Waals surface area contributed by atoms with Crippen LogP contribution in [0.15, 0.2) is 24.3 Å². The largest absolute Gasteiger partial charge is 0.416 e. The van der Waals surface area contributed by atoms with Crippen LogP contribution in [0.25, 0.3) is 0 Å². The van der Waals surface area contributed by atoms with Gasteiger partial charge in [-0.25, -0.2) is 4.68 Å². The number of aliphatic hydroxyl groups is 1. The maximum absolute atomic E-state index is 13.0. The van der Waals surface area contributed by atoms with Crippen molar-refractivity contribution in [2.45, 2.75) is 62.9 Å². The zero-order valence-corrected chi connectivity index (χ0v) is 15.6. The normalized spacial score (nSPS) is 25.1. The molecule has 0 radical (unpaired) electrons. The molecule has 0 amide bonds. The molecule has 2 N–H and O–H groups in total. The van der Waals surface area contributed by atoms with Gasteiger partial charge in [0.05, 0.1) is 30.8 Å². The van der Waals surface area contributed by atoms with Gasteiger partial charge >= 0.3 is 6.18 Å². The summed E-state index contributed by atoms with van der Waals surface area (Å²) in [4.78, 5) is 1.18. The second-order valence-electron chi connectivity index (χ2n) is 7.86. The quantitative estimate of drug-likeness (QED) is 0.829. The molecule has 2 heterocycles. The van der Waals surface area contributed by atoms with E-state index in [4.69, 9.17) is 0 Å². The lowest BCUT2D eigenvalue weighted by Crippen LogP contribution is -3.13. The van der Waals surface area contributed by atoms with Gasteiger partial charge in [-0.05, 0) is 35.4 Å². The molecule has 6 nitrogen and oxygen atoms in total. The smallest absolute Gasteiger partial charge is 0.393 e. The highest BCUT2D eigenvalue weighted by Crippen LogP contribution is 2.33. The van der Waals surface area contributed by atoms with E-state index in [0.717, 1.165) is 56.5 Å². The number of halogens is 3. The lowest BCUT2D eigenvalue weighted by molar-refractivity contribution is -0.932. The number of tetrazole rings is 1. The number of likely N-dealkylation sites (tertiary alicyclic amines) is 1. The first-order valence-electron chi connectivity index (χ1n) is 9.91. The van der Waals surface area contributed by atoms with Gasteiger partial charge in [0.2, 0.25) is 5.82 Å². The number of hydrogen-bond acceptors (Lipinski definition) is 4. The van der Waals surface area contributed by atoms with Crippen molar-refractivity contribution in [1.29, 1.82) is 0 Å². The Morgan fingerprint density at radius 2 is 1.68 bits per heavy atom. The molecule has 28 heavy (non-hydrogen) atoms. The van der Waals surface area contributed by atoms with Crippen LogP contribution in [-0.2, 0) is 6.18 Å². The van der Waals surface area contributed by atoms with Gasteiger partial charge in [-0.1, -0.05) is 25.0 Å². The number of piperidine rings is 1. The second kappa shape index (κ2) is 7.79. The minimum atomic E-state index is -4.36. The molecule has 2 aromatic rings. The third kappa shape index (κ3) is 3.91. The van der Waals surface area contributed by atoms with Crippen molar-refractivity contribution >= 4 is 0 Å². The molecule has 1 aromatic carbocycles. The molecule has 2 fully saturated rings. The summed E-state index contributed by atoms with van der Waals surface area (Å²) < 4.78 is 40.9. The first-order chi connectivity index (χ1) is 13.4. The number of nitrogens with one attached hydrogen (secondary N) is 1. The number of aromatic nitrogens is 4. The third-order valence-electron chi connectivity index (χ3n) is 6.02. The van der Waals surface area contributed by atoms with Crippen LogP contribution in [0.3, 0.4) is 0 Å². The molecule has 1 aromatic heterocycles. The molecule has 0 unspecified atom stereocenters. The molecule has 1 aliphatic heterocycles. The highest BCUT2D eigenvalue weighted by atomic mass is 19.4. The van der Waals surface area contributed by atoms with Crippen LogP contribution in [0, 0.1) is 0 Å². The fraction of sp³-hybridized carbons (Fsp3) is 0.632. The maximum Gasteiger partial charge on any atom is 0.416 e. The molecule has 152 valence electrons. The van der Waals surface area contributed by atoms with Crippen molar-refractivity contribution in [3.8, 4) is 0 Å². The van der Waals surface area contributed by atoms with E-state index in [9.17, 15) is 18.3 Å². The van der Waals surface area contributed by atoms with Crippen molar-refractivity contribution in [3.05, 3.63) is 41.2 Å². The van der Waals surface area contributed by atoms with Crippen molar-refractivity contribution in [1.82, 2.24) is 20.2 Å². The van der Waals surface area contributed by atoms with Gasteiger partial charge in [0.1, 0.15) is 0 Å². The Kier molecular flexibility index (Phi) is 5.37. The molecule has 4 rings (SSSR count). The number of hydrogen-bond donors (Lipinski definition) is 2. The van der Waals surface area contributed by atoms with E-state index in [0.29, 0.717) is 18.7 Å². The van der Waals surface area contributed by atoms with Crippen LogP contribution in [0.5, 0.6) is 0 Å². The predicted octanol–water partition coefficient (Wildman–Crippen LogP) is 1.94. The topological polar surface area (TPSA) is 68.3 Å². The molecule has 0 spiro atoms. The van der Waals surface area contributed by atoms with Crippen LogP contribution in [-0.4, -0.2) is 44.5 Å². The van der Waals surface area contributed by atoms with E-state index >= 15 is 0 Å². The molecule has 2 aliphatic rings. The van der Waals surface area contributed by atoms with Crippen molar-refractivity contribution < 1.29 is 23.2 Å². The van der Waals surface area contributed by atoms with Crippen LogP contribution in [0.4, 0.5) is 13.2 Å². The van der Waals surface area contributed by atoms with E-state index in [-0.39, 0.29) is 18.2 Å². The van der Waals surface area contributed by atoms with E-state index in [1.165, 1.54) is 4.90 Å². The van der Waals surface area contributed by atoms with Gasteiger partial charge < -0.3 is 10.0 Å². The average Bonchev–Trinajstić information content (AvgIpc) is 3.35. The SMILES string of the molecule is OC1CC[NH+]([C@@H](c2ccc(C(F)(F)F)cc2)c2nnnn2C2CCCC2)CC1. The fourth-order valence-corrected chi connectivity index (χ4v) is 4.49. The standard InChI is InChI=1S/C19H24F3N5O/c20-19(21,22)14-7-5-13(6-8-14)17(26-11-9-16(28)10-12-26)18-23-24-25-27(18)15-3-1-2-4-15/h5-8,15-17,28H,1-4,9-12H2/p+1/t17-/m0/s1. The number of quaternary nitrogens is 1. The molecule has 9 heteroatoms. The molecule has 1 atom stereocenters. The van der Waals surface area contributed by atoms with Crippen LogP contribution < -0.4 is 4.90 Å². The predicted molar refractivity (Wildman–Crippen MR) is 94.5 cm³/mol. The van der Waals surface area contributed by atoms with E-state index < -0.39 is 11.7 Å². The lowest BCUT2D eigenvalue weighted by Gasteiger charge is -2.33. The van der Waals surface area contributed by atoms with Crippen molar-refractivity contribution in [2.75, 3.05) is 13.1 Å². The van der Waals surface area contributed by atoms with Crippen LogP contribution in [0.1, 0.15) is 67.6 Å². The molecule has 0 bridgehead atoms. The molecule has 1 aliphatic carbocycles. The molecule has 1 saturated heterocycles. The average molecular weight is 396 g/mol. The molecular formula is C19H25F3N5O+. The van der Waals surface area contributed by atoms with Gasteiger partial charge in [0.25, 0.3) is 0 Å². The number of aliphatic hydroxyl groups excluding tert-OH is 1. The van der Waals surface area contributed by atoms with E-state index in [1.807, 2.05) is 4.68 Å². The Bertz CT molecular complexity index is 778. The van der Waals surface area contributed by atoms with Crippen molar-refractivity contribution in [3.63, 3.8) is 0 Å². The monoisotopic (exact) mass is 396 g/mol. The summed E-state index contributed by atoms with van der Waals surface area (Å²) >= 11 is 0. The summed E-state index contributed by atoms with van der Waals surface area (Å²) in [5.41, 5.74) is 0.114. The summed E-state index contributed by atoms with van der Waals surface area (Å²) in [5.74, 6) is 0.707. The Balaban J connectivity index is 1.70. The van der Waals surface area contributed by atoms with E-state index in [1.54, 1.807) is 12.1 Å². The summed E-state index contributed by atoms with van der Waals surface area (Å²) in [6.45, 7) is 1.45. The fourth-order valence-electron chi connectivity index (χ4n) is 4.49. The minimum Gasteiger partial charge on any atom is -0.393 e. The van der Waals surface area contributed by atoms with Gasteiger partial charge in [-0.3, -0.25) is 0 Å². The van der Waals surface area contributed by atoms with Gasteiger partial charge in [-0.2, -0.15) is 13.2 Å². The minimum absolute atomic E-state index is 0.245. The molecule has 1 saturated carbocycles. The summed E-state index contributed by atoms with van der Waals surface area (Å²) in [6, 6.07) is 5.34. The Morgan fingerprint density at radius 1 is 1.04 bits per heavy atom.